The lowest BCUT2D eigenvalue weighted by Crippen LogP contribution is -2.21. The zero-order valence-electron chi connectivity index (χ0n) is 17.4. The zero-order valence-corrected chi connectivity index (χ0v) is 18.2. The molecule has 1 unspecified atom stereocenters. The Morgan fingerprint density at radius 1 is 0.692 bits per heavy atom. The topological polar surface area (TPSA) is 20.2 Å². The standard InChI is InChI=1S/C24H43OS/c1-3-5-7-9-11-16-20-26(21-17-12-10-8-6-4-2)22-24(25)23-18-14-13-15-19-23/h13-15,18-19,24-25H,3-12,16-17,20-22H2,1-2H3/q+1. The minimum Gasteiger partial charge on any atom is -0.383 e. The van der Waals surface area contributed by atoms with E-state index in [1.807, 2.05) is 18.2 Å². The summed E-state index contributed by atoms with van der Waals surface area (Å²) in [7, 11) is 0.381. The third kappa shape index (κ3) is 12.0. The number of benzene rings is 1. The number of hydrogen-bond donors (Lipinski definition) is 1. The summed E-state index contributed by atoms with van der Waals surface area (Å²) in [6.07, 6.45) is 16.2. The van der Waals surface area contributed by atoms with Crippen molar-refractivity contribution < 1.29 is 5.11 Å². The Balaban J connectivity index is 2.33. The molecule has 0 saturated heterocycles. The van der Waals surface area contributed by atoms with E-state index in [1.54, 1.807) is 0 Å². The van der Waals surface area contributed by atoms with Gasteiger partial charge in [0.15, 0.2) is 0 Å². The molecule has 0 fully saturated rings. The van der Waals surface area contributed by atoms with Crippen LogP contribution in [-0.2, 0) is 10.9 Å². The first-order chi connectivity index (χ1) is 12.8. The molecule has 1 rings (SSSR count). The first-order valence-electron chi connectivity index (χ1n) is 11.1. The average molecular weight is 380 g/mol. The summed E-state index contributed by atoms with van der Waals surface area (Å²) >= 11 is 0. The maximum absolute atomic E-state index is 10.6. The van der Waals surface area contributed by atoms with Crippen LogP contribution in [0, 0.1) is 0 Å². The summed E-state index contributed by atoms with van der Waals surface area (Å²) in [5.74, 6) is 3.61. The molecule has 0 spiro atoms. The van der Waals surface area contributed by atoms with Crippen molar-refractivity contribution >= 4 is 10.9 Å². The van der Waals surface area contributed by atoms with Crippen LogP contribution in [0.1, 0.15) is 103 Å². The minimum atomic E-state index is -0.278. The van der Waals surface area contributed by atoms with E-state index in [4.69, 9.17) is 0 Å². The second-order valence-electron chi connectivity index (χ2n) is 7.65. The van der Waals surface area contributed by atoms with Gasteiger partial charge in [-0.25, -0.2) is 0 Å². The fraction of sp³-hybridized carbons (Fsp3) is 0.750. The van der Waals surface area contributed by atoms with Crippen molar-refractivity contribution in [3.8, 4) is 0 Å². The van der Waals surface area contributed by atoms with E-state index in [9.17, 15) is 5.11 Å². The molecule has 0 aliphatic rings. The molecule has 0 radical (unpaired) electrons. The Hall–Kier alpha value is -0.470. The van der Waals surface area contributed by atoms with Crippen molar-refractivity contribution in [3.63, 3.8) is 0 Å². The lowest BCUT2D eigenvalue weighted by Gasteiger charge is -2.14. The second-order valence-corrected chi connectivity index (χ2v) is 10.0. The second kappa shape index (κ2) is 16.7. The zero-order chi connectivity index (χ0) is 18.9. The largest absolute Gasteiger partial charge is 0.383 e. The Morgan fingerprint density at radius 2 is 1.15 bits per heavy atom. The fourth-order valence-electron chi connectivity index (χ4n) is 3.44. The predicted molar refractivity (Wildman–Crippen MR) is 120 cm³/mol. The van der Waals surface area contributed by atoms with Crippen LogP contribution in [-0.4, -0.2) is 22.4 Å². The van der Waals surface area contributed by atoms with Crippen LogP contribution in [0.3, 0.4) is 0 Å². The van der Waals surface area contributed by atoms with Crippen molar-refractivity contribution in [1.82, 2.24) is 0 Å². The number of rotatable bonds is 17. The monoisotopic (exact) mass is 379 g/mol. The van der Waals surface area contributed by atoms with Gasteiger partial charge in [-0.2, -0.15) is 0 Å². The van der Waals surface area contributed by atoms with Gasteiger partial charge in [-0.3, -0.25) is 0 Å². The van der Waals surface area contributed by atoms with Crippen LogP contribution >= 0.6 is 0 Å². The number of aliphatic hydroxyl groups excluding tert-OH is 1. The van der Waals surface area contributed by atoms with Crippen molar-refractivity contribution in [3.05, 3.63) is 35.9 Å². The lowest BCUT2D eigenvalue weighted by atomic mass is 10.1. The average Bonchev–Trinajstić information content (AvgIpc) is 2.67. The van der Waals surface area contributed by atoms with Gasteiger partial charge in [0.25, 0.3) is 0 Å². The third-order valence-electron chi connectivity index (χ3n) is 5.15. The normalized spacial score (nSPS) is 12.6. The number of unbranched alkanes of at least 4 members (excludes halogenated alkanes) is 10. The van der Waals surface area contributed by atoms with Crippen LogP contribution < -0.4 is 0 Å². The molecule has 1 aromatic rings. The molecule has 0 aliphatic heterocycles. The molecule has 1 N–H and O–H groups in total. The number of hydrogen-bond acceptors (Lipinski definition) is 1. The van der Waals surface area contributed by atoms with E-state index < -0.39 is 0 Å². The molecule has 0 amide bonds. The van der Waals surface area contributed by atoms with Crippen molar-refractivity contribution in [2.24, 2.45) is 0 Å². The highest BCUT2D eigenvalue weighted by molar-refractivity contribution is 7.96. The number of aliphatic hydroxyl groups is 1. The summed E-state index contributed by atoms with van der Waals surface area (Å²) in [6, 6.07) is 10.3. The maximum atomic E-state index is 10.6. The van der Waals surface area contributed by atoms with Crippen LogP contribution in [0.5, 0.6) is 0 Å². The van der Waals surface area contributed by atoms with Gasteiger partial charge in [-0.1, -0.05) is 95.5 Å². The molecule has 0 aliphatic carbocycles. The SMILES string of the molecule is CCCCCCCC[S+](CCCCCCCC)CC(O)c1ccccc1. The van der Waals surface area contributed by atoms with Gasteiger partial charge in [0.2, 0.25) is 0 Å². The van der Waals surface area contributed by atoms with E-state index in [0.29, 0.717) is 10.9 Å². The Morgan fingerprint density at radius 3 is 1.65 bits per heavy atom. The molecule has 1 atom stereocenters. The van der Waals surface area contributed by atoms with Gasteiger partial charge in [0, 0.05) is 0 Å². The smallest absolute Gasteiger partial charge is 0.138 e. The van der Waals surface area contributed by atoms with Gasteiger partial charge in [-0.15, -0.1) is 0 Å². The molecule has 0 saturated carbocycles. The Kier molecular flexibility index (Phi) is 15.1. The molecule has 0 heterocycles. The minimum absolute atomic E-state index is 0.278. The third-order valence-corrected chi connectivity index (χ3v) is 7.67. The van der Waals surface area contributed by atoms with Gasteiger partial charge in [0.05, 0.1) is 0 Å². The molecule has 0 aromatic heterocycles. The van der Waals surface area contributed by atoms with E-state index in [-0.39, 0.29) is 6.10 Å². The molecule has 2 heteroatoms. The quantitative estimate of drug-likeness (QED) is 0.227. The van der Waals surface area contributed by atoms with E-state index in [2.05, 4.69) is 26.0 Å². The van der Waals surface area contributed by atoms with Crippen LogP contribution in [0.25, 0.3) is 0 Å². The first-order valence-corrected chi connectivity index (χ1v) is 12.9. The van der Waals surface area contributed by atoms with Gasteiger partial charge in [0.1, 0.15) is 23.4 Å². The molecule has 150 valence electrons. The van der Waals surface area contributed by atoms with E-state index in [1.165, 1.54) is 88.6 Å². The molecular formula is C24H43OS+. The molecule has 1 nitrogen and oxygen atoms in total. The van der Waals surface area contributed by atoms with Gasteiger partial charge in [-0.05, 0) is 42.1 Å². The summed E-state index contributed by atoms with van der Waals surface area (Å²) in [6.45, 7) is 4.56. The first kappa shape index (κ1) is 23.6. The summed E-state index contributed by atoms with van der Waals surface area (Å²) in [5, 5.41) is 10.6. The van der Waals surface area contributed by atoms with Crippen LogP contribution in [0.15, 0.2) is 30.3 Å². The fourth-order valence-corrected chi connectivity index (χ4v) is 5.84. The maximum Gasteiger partial charge on any atom is 0.138 e. The van der Waals surface area contributed by atoms with Crippen molar-refractivity contribution in [2.45, 2.75) is 97.0 Å². The highest BCUT2D eigenvalue weighted by Crippen LogP contribution is 2.19. The van der Waals surface area contributed by atoms with Crippen molar-refractivity contribution in [2.75, 3.05) is 17.3 Å². The summed E-state index contributed by atoms with van der Waals surface area (Å²) < 4.78 is 0. The van der Waals surface area contributed by atoms with Crippen LogP contribution in [0.2, 0.25) is 0 Å². The summed E-state index contributed by atoms with van der Waals surface area (Å²) in [5.41, 5.74) is 1.09. The molecule has 0 bridgehead atoms. The van der Waals surface area contributed by atoms with Crippen LogP contribution in [0.4, 0.5) is 0 Å². The van der Waals surface area contributed by atoms with Crippen molar-refractivity contribution in [1.29, 1.82) is 0 Å². The predicted octanol–water partition coefficient (Wildman–Crippen LogP) is 7.06. The Bertz CT molecular complexity index is 390. The molecular weight excluding hydrogens is 336 g/mol. The Labute approximate surface area is 166 Å². The highest BCUT2D eigenvalue weighted by Gasteiger charge is 2.23. The van der Waals surface area contributed by atoms with Gasteiger partial charge < -0.3 is 5.11 Å². The van der Waals surface area contributed by atoms with E-state index >= 15 is 0 Å². The lowest BCUT2D eigenvalue weighted by molar-refractivity contribution is 0.203. The van der Waals surface area contributed by atoms with Gasteiger partial charge >= 0.3 is 0 Å². The molecule has 1 aromatic carbocycles. The van der Waals surface area contributed by atoms with E-state index in [0.717, 1.165) is 11.3 Å². The molecule has 26 heavy (non-hydrogen) atoms. The highest BCUT2D eigenvalue weighted by atomic mass is 32.2. The summed E-state index contributed by atoms with van der Waals surface area (Å²) in [4.78, 5) is 0.